The highest BCUT2D eigenvalue weighted by molar-refractivity contribution is 6.30. The van der Waals surface area contributed by atoms with Gasteiger partial charge in [-0.05, 0) is 41.8 Å². The van der Waals surface area contributed by atoms with Crippen LogP contribution < -0.4 is 5.32 Å². The monoisotopic (exact) mass is 342 g/mol. The molecule has 0 aromatic heterocycles. The number of hydrogen-bond acceptors (Lipinski definition) is 2. The number of likely N-dealkylation sites (tertiary alicyclic amines) is 1. The number of carbonyl (C=O) groups excluding carboxylic acids is 2. The Hall–Kier alpha value is -2.33. The fraction of sp³-hybridized carbons (Fsp3) is 0.263. The summed E-state index contributed by atoms with van der Waals surface area (Å²) in [6, 6.07) is 14.8. The third-order valence-electron chi connectivity index (χ3n) is 4.10. The average Bonchev–Trinajstić information content (AvgIpc) is 2.98. The molecule has 24 heavy (non-hydrogen) atoms. The van der Waals surface area contributed by atoms with E-state index in [9.17, 15) is 9.59 Å². The highest BCUT2D eigenvalue weighted by atomic mass is 35.5. The van der Waals surface area contributed by atoms with Gasteiger partial charge in [0, 0.05) is 36.6 Å². The normalized spacial score (nSPS) is 14.0. The standard InChI is InChI=1S/C19H19ClN2O2/c20-17-4-1-3-15(11-17)12-21-19(24)16-8-6-14(7-9-16)13-22-10-2-5-18(22)23/h1,3-4,6-9,11H,2,5,10,12-13H2,(H,21,24). The van der Waals surface area contributed by atoms with Crippen molar-refractivity contribution in [3.63, 3.8) is 0 Å². The molecule has 1 saturated heterocycles. The van der Waals surface area contributed by atoms with Gasteiger partial charge < -0.3 is 10.2 Å². The first kappa shape index (κ1) is 16.5. The molecule has 4 nitrogen and oxygen atoms in total. The van der Waals surface area contributed by atoms with E-state index in [0.717, 1.165) is 24.1 Å². The summed E-state index contributed by atoms with van der Waals surface area (Å²) in [5, 5.41) is 3.54. The molecular formula is C19H19ClN2O2. The Kier molecular flexibility index (Phi) is 5.16. The maximum atomic E-state index is 12.2. The highest BCUT2D eigenvalue weighted by Crippen LogP contribution is 2.15. The van der Waals surface area contributed by atoms with Gasteiger partial charge in [-0.25, -0.2) is 0 Å². The van der Waals surface area contributed by atoms with E-state index in [0.29, 0.717) is 30.1 Å². The maximum Gasteiger partial charge on any atom is 0.251 e. The zero-order valence-corrected chi connectivity index (χ0v) is 14.1. The molecule has 0 radical (unpaired) electrons. The van der Waals surface area contributed by atoms with Gasteiger partial charge in [-0.2, -0.15) is 0 Å². The van der Waals surface area contributed by atoms with Gasteiger partial charge in [-0.3, -0.25) is 9.59 Å². The number of halogens is 1. The summed E-state index contributed by atoms with van der Waals surface area (Å²) in [5.41, 5.74) is 2.60. The molecule has 0 saturated carbocycles. The molecule has 1 N–H and O–H groups in total. The fourth-order valence-corrected chi connectivity index (χ4v) is 3.00. The van der Waals surface area contributed by atoms with E-state index in [1.165, 1.54) is 0 Å². The summed E-state index contributed by atoms with van der Waals surface area (Å²) in [6.45, 7) is 1.87. The molecule has 0 spiro atoms. The smallest absolute Gasteiger partial charge is 0.251 e. The number of amides is 2. The minimum atomic E-state index is -0.126. The maximum absolute atomic E-state index is 12.2. The average molecular weight is 343 g/mol. The largest absolute Gasteiger partial charge is 0.348 e. The quantitative estimate of drug-likeness (QED) is 0.905. The van der Waals surface area contributed by atoms with Gasteiger partial charge in [-0.15, -0.1) is 0 Å². The molecule has 2 aromatic carbocycles. The molecule has 2 aromatic rings. The van der Waals surface area contributed by atoms with Crippen molar-refractivity contribution >= 4 is 23.4 Å². The molecule has 1 aliphatic rings. The molecule has 3 rings (SSSR count). The molecule has 2 amide bonds. The van der Waals surface area contributed by atoms with Gasteiger partial charge in [0.05, 0.1) is 0 Å². The van der Waals surface area contributed by atoms with E-state index in [1.807, 2.05) is 35.2 Å². The molecule has 1 aliphatic heterocycles. The van der Waals surface area contributed by atoms with Crippen LogP contribution >= 0.6 is 11.6 Å². The molecule has 124 valence electrons. The van der Waals surface area contributed by atoms with Crippen LogP contribution in [0.5, 0.6) is 0 Å². The Morgan fingerprint density at radius 1 is 1.12 bits per heavy atom. The Balaban J connectivity index is 1.56. The molecule has 0 bridgehead atoms. The van der Waals surface area contributed by atoms with Crippen molar-refractivity contribution in [2.24, 2.45) is 0 Å². The predicted molar refractivity (Wildman–Crippen MR) is 93.7 cm³/mol. The number of carbonyl (C=O) groups is 2. The second-order valence-electron chi connectivity index (χ2n) is 5.93. The van der Waals surface area contributed by atoms with Crippen molar-refractivity contribution in [2.75, 3.05) is 6.54 Å². The fourth-order valence-electron chi connectivity index (χ4n) is 2.78. The number of benzene rings is 2. The van der Waals surface area contributed by atoms with Gasteiger partial charge in [0.25, 0.3) is 5.91 Å². The lowest BCUT2D eigenvalue weighted by Gasteiger charge is -2.15. The summed E-state index contributed by atoms with van der Waals surface area (Å²) < 4.78 is 0. The van der Waals surface area contributed by atoms with Crippen molar-refractivity contribution in [3.05, 3.63) is 70.2 Å². The Bertz CT molecular complexity index is 743. The zero-order valence-electron chi connectivity index (χ0n) is 13.3. The van der Waals surface area contributed by atoms with E-state index in [-0.39, 0.29) is 11.8 Å². The minimum Gasteiger partial charge on any atom is -0.348 e. The molecule has 1 heterocycles. The summed E-state index contributed by atoms with van der Waals surface area (Å²) in [4.78, 5) is 25.7. The molecule has 0 atom stereocenters. The SMILES string of the molecule is O=C(NCc1cccc(Cl)c1)c1ccc(CN2CCCC2=O)cc1. The molecule has 0 aliphatic carbocycles. The molecule has 5 heteroatoms. The van der Waals surface area contributed by atoms with Crippen LogP contribution in [0.3, 0.4) is 0 Å². The number of rotatable bonds is 5. The third kappa shape index (κ3) is 4.15. The van der Waals surface area contributed by atoms with Crippen molar-refractivity contribution in [1.29, 1.82) is 0 Å². The van der Waals surface area contributed by atoms with Gasteiger partial charge >= 0.3 is 0 Å². The van der Waals surface area contributed by atoms with Crippen LogP contribution in [0.15, 0.2) is 48.5 Å². The predicted octanol–water partition coefficient (Wildman–Crippen LogP) is 3.39. The van der Waals surface area contributed by atoms with E-state index in [1.54, 1.807) is 18.2 Å². The van der Waals surface area contributed by atoms with Crippen LogP contribution in [0, 0.1) is 0 Å². The second kappa shape index (κ2) is 7.49. The van der Waals surface area contributed by atoms with E-state index < -0.39 is 0 Å². The van der Waals surface area contributed by atoms with Crippen LogP contribution in [0.4, 0.5) is 0 Å². The minimum absolute atomic E-state index is 0.126. The first-order valence-electron chi connectivity index (χ1n) is 8.01. The van der Waals surface area contributed by atoms with Crippen LogP contribution in [-0.4, -0.2) is 23.3 Å². The summed E-state index contributed by atoms with van der Waals surface area (Å²) in [6.07, 6.45) is 1.58. The van der Waals surface area contributed by atoms with Gasteiger partial charge in [0.2, 0.25) is 5.91 Å². The van der Waals surface area contributed by atoms with Crippen LogP contribution in [0.1, 0.15) is 34.3 Å². The van der Waals surface area contributed by atoms with E-state index >= 15 is 0 Å². The number of hydrogen-bond donors (Lipinski definition) is 1. The lowest BCUT2D eigenvalue weighted by atomic mass is 10.1. The van der Waals surface area contributed by atoms with Crippen molar-refractivity contribution in [3.8, 4) is 0 Å². The van der Waals surface area contributed by atoms with E-state index in [4.69, 9.17) is 11.6 Å². The van der Waals surface area contributed by atoms with Crippen LogP contribution in [0.2, 0.25) is 5.02 Å². The van der Waals surface area contributed by atoms with Gasteiger partial charge in [0.15, 0.2) is 0 Å². The summed E-state index contributed by atoms with van der Waals surface area (Å²) >= 11 is 5.93. The Morgan fingerprint density at radius 3 is 2.58 bits per heavy atom. The summed E-state index contributed by atoms with van der Waals surface area (Å²) in [7, 11) is 0. The Morgan fingerprint density at radius 2 is 1.92 bits per heavy atom. The van der Waals surface area contributed by atoms with E-state index in [2.05, 4.69) is 5.32 Å². The van der Waals surface area contributed by atoms with Gasteiger partial charge in [-0.1, -0.05) is 35.9 Å². The first-order valence-corrected chi connectivity index (χ1v) is 8.39. The lowest BCUT2D eigenvalue weighted by molar-refractivity contribution is -0.128. The van der Waals surface area contributed by atoms with Crippen LogP contribution in [-0.2, 0) is 17.9 Å². The topological polar surface area (TPSA) is 49.4 Å². The molecular weight excluding hydrogens is 324 g/mol. The molecule has 1 fully saturated rings. The lowest BCUT2D eigenvalue weighted by Crippen LogP contribution is -2.24. The zero-order chi connectivity index (χ0) is 16.9. The van der Waals surface area contributed by atoms with Gasteiger partial charge in [0.1, 0.15) is 0 Å². The number of nitrogens with one attached hydrogen (secondary N) is 1. The first-order chi connectivity index (χ1) is 11.6. The van der Waals surface area contributed by atoms with Crippen LogP contribution in [0.25, 0.3) is 0 Å². The third-order valence-corrected chi connectivity index (χ3v) is 4.34. The van der Waals surface area contributed by atoms with Crippen molar-refractivity contribution < 1.29 is 9.59 Å². The second-order valence-corrected chi connectivity index (χ2v) is 6.36. The highest BCUT2D eigenvalue weighted by Gasteiger charge is 2.19. The Labute approximate surface area is 146 Å². The summed E-state index contributed by atoms with van der Waals surface area (Å²) in [5.74, 6) is 0.0807. The molecule has 0 unspecified atom stereocenters. The number of nitrogens with zero attached hydrogens (tertiary/aromatic N) is 1. The van der Waals surface area contributed by atoms with Crippen molar-refractivity contribution in [1.82, 2.24) is 10.2 Å². The van der Waals surface area contributed by atoms with Crippen molar-refractivity contribution in [2.45, 2.75) is 25.9 Å².